The molecule has 3 rings (SSSR count). The summed E-state index contributed by atoms with van der Waals surface area (Å²) in [5.74, 6) is 0.776. The summed E-state index contributed by atoms with van der Waals surface area (Å²) in [5, 5.41) is 4.98. The zero-order valence-corrected chi connectivity index (χ0v) is 16.3. The van der Waals surface area contributed by atoms with Crippen molar-refractivity contribution in [1.82, 2.24) is 15.2 Å². The van der Waals surface area contributed by atoms with Crippen molar-refractivity contribution in [3.63, 3.8) is 0 Å². The number of pyridine rings is 1. The summed E-state index contributed by atoms with van der Waals surface area (Å²) >= 11 is 1.62. The summed E-state index contributed by atoms with van der Waals surface area (Å²) in [6.07, 6.45) is 3.91. The molecule has 0 atom stereocenters. The van der Waals surface area contributed by atoms with Gasteiger partial charge in [-0.1, -0.05) is 6.07 Å². The van der Waals surface area contributed by atoms with Crippen molar-refractivity contribution in [2.75, 3.05) is 26.2 Å². The third-order valence-corrected chi connectivity index (χ3v) is 5.60. The summed E-state index contributed by atoms with van der Waals surface area (Å²) < 4.78 is 5.42. The maximum atomic E-state index is 12.4. The van der Waals surface area contributed by atoms with Crippen LogP contribution in [0.25, 0.3) is 0 Å². The second-order valence-corrected chi connectivity index (χ2v) is 7.61. The van der Waals surface area contributed by atoms with Crippen molar-refractivity contribution >= 4 is 23.2 Å². The standard InChI is InChI=1S/C20H25N3O3S/c1-2-26-20-17(6-3-9-21-20)19(25)22-14-15-7-10-23(11-8-15)18(24)13-16-5-4-12-27-16/h3-6,9,12,15H,2,7-8,10-11,13-14H2,1H3,(H,22,25). The highest BCUT2D eigenvalue weighted by Crippen LogP contribution is 2.19. The van der Waals surface area contributed by atoms with E-state index in [0.717, 1.165) is 30.8 Å². The molecule has 1 saturated heterocycles. The molecular weight excluding hydrogens is 362 g/mol. The Morgan fingerprint density at radius 3 is 2.81 bits per heavy atom. The van der Waals surface area contributed by atoms with Crippen molar-refractivity contribution in [2.24, 2.45) is 5.92 Å². The van der Waals surface area contributed by atoms with Crippen LogP contribution in [-0.4, -0.2) is 47.9 Å². The lowest BCUT2D eigenvalue weighted by Gasteiger charge is -2.32. The van der Waals surface area contributed by atoms with Gasteiger partial charge in [0.1, 0.15) is 5.56 Å². The molecule has 0 aliphatic carbocycles. The van der Waals surface area contributed by atoms with Gasteiger partial charge in [-0.3, -0.25) is 9.59 Å². The molecule has 2 aromatic heterocycles. The minimum atomic E-state index is -0.164. The lowest BCUT2D eigenvalue weighted by atomic mass is 9.96. The van der Waals surface area contributed by atoms with E-state index in [9.17, 15) is 9.59 Å². The van der Waals surface area contributed by atoms with Crippen LogP contribution in [0, 0.1) is 5.92 Å². The second-order valence-electron chi connectivity index (χ2n) is 6.58. The van der Waals surface area contributed by atoms with Gasteiger partial charge in [0.05, 0.1) is 13.0 Å². The Balaban J connectivity index is 1.44. The van der Waals surface area contributed by atoms with Gasteiger partial charge in [-0.15, -0.1) is 11.3 Å². The predicted molar refractivity (Wildman–Crippen MR) is 105 cm³/mol. The van der Waals surface area contributed by atoms with Crippen LogP contribution in [0.3, 0.4) is 0 Å². The van der Waals surface area contributed by atoms with Gasteiger partial charge in [-0.2, -0.15) is 0 Å². The van der Waals surface area contributed by atoms with Gasteiger partial charge in [0.25, 0.3) is 5.91 Å². The number of carbonyl (C=O) groups excluding carboxylic acids is 2. The Labute approximate surface area is 163 Å². The molecule has 0 aromatic carbocycles. The van der Waals surface area contributed by atoms with Crippen molar-refractivity contribution in [1.29, 1.82) is 0 Å². The number of ether oxygens (including phenoxy) is 1. The number of amides is 2. The number of aromatic nitrogens is 1. The molecule has 0 saturated carbocycles. The molecule has 1 fully saturated rings. The quantitative estimate of drug-likeness (QED) is 0.793. The minimum Gasteiger partial charge on any atom is -0.477 e. The van der Waals surface area contributed by atoms with Crippen LogP contribution in [0.4, 0.5) is 0 Å². The monoisotopic (exact) mass is 387 g/mol. The number of hydrogen-bond donors (Lipinski definition) is 1. The summed E-state index contributed by atoms with van der Waals surface area (Å²) in [6, 6.07) is 7.43. The van der Waals surface area contributed by atoms with Gasteiger partial charge in [-0.25, -0.2) is 4.98 Å². The Hall–Kier alpha value is -2.41. The first-order valence-electron chi connectivity index (χ1n) is 9.33. The van der Waals surface area contributed by atoms with Crippen LogP contribution in [0.1, 0.15) is 35.0 Å². The number of likely N-dealkylation sites (tertiary alicyclic amines) is 1. The molecule has 1 aliphatic rings. The minimum absolute atomic E-state index is 0.164. The van der Waals surface area contributed by atoms with Gasteiger partial charge in [0, 0.05) is 30.7 Å². The van der Waals surface area contributed by atoms with E-state index in [1.807, 2.05) is 29.3 Å². The van der Waals surface area contributed by atoms with E-state index < -0.39 is 0 Å². The molecule has 3 heterocycles. The normalized spacial score (nSPS) is 14.8. The number of carbonyl (C=O) groups is 2. The number of hydrogen-bond acceptors (Lipinski definition) is 5. The predicted octanol–water partition coefficient (Wildman–Crippen LogP) is 2.75. The third kappa shape index (κ3) is 5.29. The van der Waals surface area contributed by atoms with Crippen molar-refractivity contribution < 1.29 is 14.3 Å². The zero-order valence-electron chi connectivity index (χ0n) is 15.5. The molecule has 7 heteroatoms. The molecule has 1 N–H and O–H groups in total. The Morgan fingerprint density at radius 1 is 1.30 bits per heavy atom. The van der Waals surface area contributed by atoms with Gasteiger partial charge in [0.15, 0.2) is 0 Å². The summed E-state index contributed by atoms with van der Waals surface area (Å²) in [6.45, 7) is 4.44. The molecule has 2 aromatic rings. The SMILES string of the molecule is CCOc1ncccc1C(=O)NCC1CCN(C(=O)Cc2cccs2)CC1. The summed E-state index contributed by atoms with van der Waals surface area (Å²) in [4.78, 5) is 32.0. The Bertz CT molecular complexity index is 756. The van der Waals surface area contributed by atoms with Gasteiger partial charge >= 0.3 is 0 Å². The summed E-state index contributed by atoms with van der Waals surface area (Å²) in [5.41, 5.74) is 0.461. The zero-order chi connectivity index (χ0) is 19.1. The van der Waals surface area contributed by atoms with Crippen molar-refractivity contribution in [3.8, 4) is 5.88 Å². The molecular formula is C20H25N3O3S. The highest BCUT2D eigenvalue weighted by Gasteiger charge is 2.24. The van der Waals surface area contributed by atoms with E-state index in [0.29, 0.717) is 36.9 Å². The number of rotatable bonds is 7. The topological polar surface area (TPSA) is 71.5 Å². The highest BCUT2D eigenvalue weighted by molar-refractivity contribution is 7.10. The average Bonchev–Trinajstić information content (AvgIpc) is 3.20. The van der Waals surface area contributed by atoms with Gasteiger partial charge in [-0.05, 0) is 49.3 Å². The molecule has 27 heavy (non-hydrogen) atoms. The van der Waals surface area contributed by atoms with E-state index in [-0.39, 0.29) is 11.8 Å². The molecule has 0 radical (unpaired) electrons. The van der Waals surface area contributed by atoms with Crippen LogP contribution < -0.4 is 10.1 Å². The first kappa shape index (κ1) is 19.4. The number of nitrogens with zero attached hydrogens (tertiary/aromatic N) is 2. The smallest absolute Gasteiger partial charge is 0.256 e. The molecule has 0 bridgehead atoms. The van der Waals surface area contributed by atoms with E-state index in [1.54, 1.807) is 29.7 Å². The van der Waals surface area contributed by atoms with E-state index in [1.165, 1.54) is 0 Å². The van der Waals surface area contributed by atoms with Gasteiger partial charge in [0.2, 0.25) is 11.8 Å². The van der Waals surface area contributed by atoms with Crippen LogP contribution >= 0.6 is 11.3 Å². The lowest BCUT2D eigenvalue weighted by Crippen LogP contribution is -2.42. The highest BCUT2D eigenvalue weighted by atomic mass is 32.1. The van der Waals surface area contributed by atoms with Crippen LogP contribution in [0.2, 0.25) is 0 Å². The van der Waals surface area contributed by atoms with Gasteiger partial charge < -0.3 is 15.0 Å². The number of thiophene rings is 1. The molecule has 0 spiro atoms. The maximum absolute atomic E-state index is 12.4. The third-order valence-electron chi connectivity index (χ3n) is 4.72. The molecule has 144 valence electrons. The van der Waals surface area contributed by atoms with Crippen LogP contribution in [-0.2, 0) is 11.2 Å². The fourth-order valence-corrected chi connectivity index (χ4v) is 3.90. The van der Waals surface area contributed by atoms with Crippen LogP contribution in [0.5, 0.6) is 5.88 Å². The molecule has 1 aliphatic heterocycles. The number of nitrogens with one attached hydrogen (secondary N) is 1. The molecule has 6 nitrogen and oxygen atoms in total. The molecule has 0 unspecified atom stereocenters. The van der Waals surface area contributed by atoms with Crippen molar-refractivity contribution in [3.05, 3.63) is 46.3 Å². The Kier molecular flexibility index (Phi) is 6.81. The van der Waals surface area contributed by atoms with Crippen molar-refractivity contribution in [2.45, 2.75) is 26.2 Å². The molecule has 2 amide bonds. The average molecular weight is 388 g/mol. The number of piperidine rings is 1. The fraction of sp³-hybridized carbons (Fsp3) is 0.450. The lowest BCUT2D eigenvalue weighted by molar-refractivity contribution is -0.131. The summed E-state index contributed by atoms with van der Waals surface area (Å²) in [7, 11) is 0. The van der Waals surface area contributed by atoms with E-state index in [2.05, 4.69) is 10.3 Å². The first-order chi connectivity index (χ1) is 13.2. The van der Waals surface area contributed by atoms with E-state index in [4.69, 9.17) is 4.74 Å². The second kappa shape index (κ2) is 9.50. The van der Waals surface area contributed by atoms with E-state index >= 15 is 0 Å². The van der Waals surface area contributed by atoms with Crippen LogP contribution in [0.15, 0.2) is 35.8 Å². The Morgan fingerprint density at radius 2 is 2.11 bits per heavy atom. The maximum Gasteiger partial charge on any atom is 0.256 e. The fourth-order valence-electron chi connectivity index (χ4n) is 3.21. The first-order valence-corrected chi connectivity index (χ1v) is 10.2. The largest absolute Gasteiger partial charge is 0.477 e.